The van der Waals surface area contributed by atoms with Crippen molar-refractivity contribution in [2.45, 2.75) is 0 Å². The molecule has 0 spiro atoms. The normalized spacial score (nSPS) is 10.8. The molecule has 0 bridgehead atoms. The number of fused-ring (bicyclic) bond motifs is 1. The highest BCUT2D eigenvalue weighted by Gasteiger charge is 2.15. The molecular formula is C24H18N6O2S. The zero-order valence-corrected chi connectivity index (χ0v) is 18.1. The number of rotatable bonds is 6. The molecule has 5 rings (SSSR count). The van der Waals surface area contributed by atoms with Gasteiger partial charge in [0, 0.05) is 11.1 Å². The lowest BCUT2D eigenvalue weighted by Gasteiger charge is -2.11. The number of anilines is 1. The van der Waals surface area contributed by atoms with E-state index in [0.717, 1.165) is 27.2 Å². The number of nitrogens with zero attached hydrogens (tertiary/aromatic N) is 4. The van der Waals surface area contributed by atoms with Gasteiger partial charge in [-0.05, 0) is 47.8 Å². The zero-order valence-electron chi connectivity index (χ0n) is 17.3. The van der Waals surface area contributed by atoms with Gasteiger partial charge in [0.25, 0.3) is 5.91 Å². The number of carbonyl (C=O) groups is 2. The van der Waals surface area contributed by atoms with Crippen LogP contribution >= 0.6 is 11.3 Å². The van der Waals surface area contributed by atoms with Gasteiger partial charge in [0.05, 0.1) is 33.9 Å². The molecule has 5 aromatic rings. The third-order valence-corrected chi connectivity index (χ3v) is 5.87. The summed E-state index contributed by atoms with van der Waals surface area (Å²) in [5.74, 6) is -0.656. The molecule has 9 heteroatoms. The number of nitrogens with one attached hydrogen (secondary N) is 2. The number of aromatic nitrogens is 4. The Morgan fingerprint density at radius 3 is 2.61 bits per heavy atom. The largest absolute Gasteiger partial charge is 0.343 e. The molecule has 0 aliphatic heterocycles. The van der Waals surface area contributed by atoms with Crippen molar-refractivity contribution in [2.75, 3.05) is 11.9 Å². The van der Waals surface area contributed by atoms with Gasteiger partial charge in [-0.2, -0.15) is 5.10 Å². The van der Waals surface area contributed by atoms with Crippen LogP contribution in [0, 0.1) is 0 Å². The first-order valence-electron chi connectivity index (χ1n) is 10.1. The van der Waals surface area contributed by atoms with Crippen molar-refractivity contribution in [3.05, 3.63) is 90.3 Å². The molecule has 3 heterocycles. The Hall–Kier alpha value is -4.37. The zero-order chi connectivity index (χ0) is 22.6. The van der Waals surface area contributed by atoms with Crippen molar-refractivity contribution in [1.29, 1.82) is 0 Å². The van der Waals surface area contributed by atoms with E-state index in [2.05, 4.69) is 25.7 Å². The number of para-hydroxylation sites is 1. The van der Waals surface area contributed by atoms with Gasteiger partial charge in [0.2, 0.25) is 5.91 Å². The molecule has 2 aromatic carbocycles. The Balaban J connectivity index is 1.28. The summed E-state index contributed by atoms with van der Waals surface area (Å²) in [6.45, 7) is -0.158. The van der Waals surface area contributed by atoms with E-state index in [1.165, 1.54) is 6.33 Å². The van der Waals surface area contributed by atoms with Gasteiger partial charge in [-0.1, -0.05) is 24.3 Å². The molecule has 0 aliphatic rings. The van der Waals surface area contributed by atoms with Gasteiger partial charge in [-0.25, -0.2) is 14.6 Å². The van der Waals surface area contributed by atoms with Crippen LogP contribution in [0.25, 0.3) is 27.2 Å². The molecule has 0 radical (unpaired) electrons. The van der Waals surface area contributed by atoms with E-state index in [0.29, 0.717) is 11.3 Å². The molecular weight excluding hydrogens is 436 g/mol. The Bertz CT molecular complexity index is 1410. The first kappa shape index (κ1) is 20.5. The maximum absolute atomic E-state index is 13.0. The second kappa shape index (κ2) is 9.01. The smallest absolute Gasteiger partial charge is 0.252 e. The van der Waals surface area contributed by atoms with E-state index in [1.807, 2.05) is 53.9 Å². The van der Waals surface area contributed by atoms with E-state index in [9.17, 15) is 9.59 Å². The molecule has 8 nitrogen and oxygen atoms in total. The van der Waals surface area contributed by atoms with Crippen molar-refractivity contribution in [3.63, 3.8) is 0 Å². The summed E-state index contributed by atoms with van der Waals surface area (Å²) in [7, 11) is 0. The lowest BCUT2D eigenvalue weighted by atomic mass is 10.1. The minimum Gasteiger partial charge on any atom is -0.343 e. The van der Waals surface area contributed by atoms with Crippen molar-refractivity contribution < 1.29 is 9.59 Å². The average Bonchev–Trinajstić information content (AvgIpc) is 3.57. The summed E-state index contributed by atoms with van der Waals surface area (Å²) in [4.78, 5) is 35.0. The molecule has 33 heavy (non-hydrogen) atoms. The highest BCUT2D eigenvalue weighted by molar-refractivity contribution is 7.13. The Labute approximate surface area is 192 Å². The number of hydrogen-bond donors (Lipinski definition) is 2. The lowest BCUT2D eigenvalue weighted by molar-refractivity contribution is -0.115. The minimum atomic E-state index is -0.330. The number of benzene rings is 2. The van der Waals surface area contributed by atoms with Crippen molar-refractivity contribution in [1.82, 2.24) is 25.1 Å². The highest BCUT2D eigenvalue weighted by atomic mass is 32.1. The Morgan fingerprint density at radius 2 is 1.85 bits per heavy atom. The van der Waals surface area contributed by atoms with E-state index in [-0.39, 0.29) is 18.4 Å². The van der Waals surface area contributed by atoms with E-state index >= 15 is 0 Å². The predicted octanol–water partition coefficient (Wildman–Crippen LogP) is 3.91. The van der Waals surface area contributed by atoms with E-state index in [4.69, 9.17) is 0 Å². The van der Waals surface area contributed by atoms with Crippen molar-refractivity contribution in [2.24, 2.45) is 0 Å². The third kappa shape index (κ3) is 4.48. The summed E-state index contributed by atoms with van der Waals surface area (Å²) in [5.41, 5.74) is 3.38. The van der Waals surface area contributed by atoms with Crippen LogP contribution in [0.4, 0.5) is 5.69 Å². The predicted molar refractivity (Wildman–Crippen MR) is 127 cm³/mol. The molecule has 0 saturated heterocycles. The molecule has 0 atom stereocenters. The van der Waals surface area contributed by atoms with E-state index in [1.54, 1.807) is 40.5 Å². The molecule has 0 aliphatic carbocycles. The molecule has 0 fully saturated rings. The molecule has 3 aromatic heterocycles. The monoisotopic (exact) mass is 454 g/mol. The average molecular weight is 455 g/mol. The number of thiophene rings is 1. The van der Waals surface area contributed by atoms with Gasteiger partial charge in [-0.3, -0.25) is 9.59 Å². The fourth-order valence-corrected chi connectivity index (χ4v) is 4.10. The standard InChI is InChI=1S/C24H18N6O2S/c31-23(28-16-7-9-17(10-8-16)30-15-25-14-27-30)13-26-24(32)19-12-21(22-6-3-11-33-22)29-20-5-2-1-4-18(19)20/h1-12,14-15H,13H2,(H,26,32)(H,28,31). The van der Waals surface area contributed by atoms with Crippen molar-refractivity contribution >= 4 is 39.7 Å². The second-order valence-electron chi connectivity index (χ2n) is 7.17. The van der Waals surface area contributed by atoms with Crippen molar-refractivity contribution in [3.8, 4) is 16.3 Å². The van der Waals surface area contributed by atoms with Crippen LogP contribution in [-0.4, -0.2) is 38.1 Å². The lowest BCUT2D eigenvalue weighted by Crippen LogP contribution is -2.33. The van der Waals surface area contributed by atoms with Crippen LogP contribution in [0.1, 0.15) is 10.4 Å². The van der Waals surface area contributed by atoms with Gasteiger partial charge in [-0.15, -0.1) is 11.3 Å². The van der Waals surface area contributed by atoms with E-state index < -0.39 is 0 Å². The fraction of sp³-hybridized carbons (Fsp3) is 0.0417. The Morgan fingerprint density at radius 1 is 1.00 bits per heavy atom. The molecule has 0 saturated carbocycles. The maximum atomic E-state index is 13.0. The van der Waals surface area contributed by atoms with Crippen LogP contribution in [0.15, 0.2) is 84.8 Å². The number of carbonyl (C=O) groups excluding carboxylic acids is 2. The highest BCUT2D eigenvalue weighted by Crippen LogP contribution is 2.27. The number of pyridine rings is 1. The van der Waals surface area contributed by atoms with Crippen LogP contribution < -0.4 is 10.6 Å². The molecule has 2 N–H and O–H groups in total. The van der Waals surface area contributed by atoms with Gasteiger partial charge < -0.3 is 10.6 Å². The SMILES string of the molecule is O=C(CNC(=O)c1cc(-c2cccs2)nc2ccccc12)Nc1ccc(-n2cncn2)cc1. The quantitative estimate of drug-likeness (QED) is 0.405. The fourth-order valence-electron chi connectivity index (χ4n) is 3.41. The summed E-state index contributed by atoms with van der Waals surface area (Å²) in [5, 5.41) is 12.3. The first-order chi connectivity index (χ1) is 16.2. The van der Waals surface area contributed by atoms with Crippen LogP contribution in [0.2, 0.25) is 0 Å². The topological polar surface area (TPSA) is 102 Å². The molecule has 162 valence electrons. The summed E-state index contributed by atoms with van der Waals surface area (Å²) in [6, 6.07) is 20.3. The second-order valence-corrected chi connectivity index (χ2v) is 8.11. The molecule has 0 unspecified atom stereocenters. The Kier molecular flexibility index (Phi) is 5.61. The third-order valence-electron chi connectivity index (χ3n) is 4.98. The van der Waals surface area contributed by atoms with Gasteiger partial charge >= 0.3 is 0 Å². The van der Waals surface area contributed by atoms with Crippen LogP contribution in [0.5, 0.6) is 0 Å². The summed E-state index contributed by atoms with van der Waals surface area (Å²) < 4.78 is 1.62. The van der Waals surface area contributed by atoms with Crippen LogP contribution in [-0.2, 0) is 4.79 Å². The van der Waals surface area contributed by atoms with Gasteiger partial charge in [0.1, 0.15) is 12.7 Å². The number of hydrogen-bond acceptors (Lipinski definition) is 6. The van der Waals surface area contributed by atoms with Gasteiger partial charge in [0.15, 0.2) is 0 Å². The van der Waals surface area contributed by atoms with Crippen LogP contribution in [0.3, 0.4) is 0 Å². The maximum Gasteiger partial charge on any atom is 0.252 e. The summed E-state index contributed by atoms with van der Waals surface area (Å²) >= 11 is 1.56. The molecule has 2 amide bonds. The number of amides is 2. The summed E-state index contributed by atoms with van der Waals surface area (Å²) in [6.07, 6.45) is 3.05. The minimum absolute atomic E-state index is 0.158. The first-order valence-corrected chi connectivity index (χ1v) is 11.0.